The number of nitrogens with two attached hydrogens (primary N) is 1. The Balaban J connectivity index is 2.36. The van der Waals surface area contributed by atoms with E-state index in [1.807, 2.05) is 28.7 Å². The van der Waals surface area contributed by atoms with E-state index in [0.717, 1.165) is 15.7 Å². The first kappa shape index (κ1) is 11.1. The topological polar surface area (TPSA) is 63.5 Å². The summed E-state index contributed by atoms with van der Waals surface area (Å²) in [7, 11) is 0. The van der Waals surface area contributed by atoms with Crippen LogP contribution in [0.25, 0.3) is 16.9 Å². The summed E-state index contributed by atoms with van der Waals surface area (Å²) in [6, 6.07) is 12.6. The van der Waals surface area contributed by atoms with E-state index in [1.54, 1.807) is 18.2 Å². The van der Waals surface area contributed by atoms with Gasteiger partial charge >= 0.3 is 0 Å². The molecule has 90 valence electrons. The maximum absolute atomic E-state index is 9.54. The standard InChI is InChI=1S/C13H10BrN3O/c14-12-10-5-2-6-11(15)17(10)13(16-12)8-3-1-4-9(18)7-8/h1-7,18H,15H2. The van der Waals surface area contributed by atoms with Crippen LogP contribution in [-0.2, 0) is 0 Å². The molecule has 0 unspecified atom stereocenters. The Morgan fingerprint density at radius 1 is 1.17 bits per heavy atom. The van der Waals surface area contributed by atoms with Crippen molar-refractivity contribution in [1.82, 2.24) is 9.38 Å². The zero-order valence-electron chi connectivity index (χ0n) is 9.34. The molecule has 5 heteroatoms. The number of halogens is 1. The minimum atomic E-state index is 0.204. The molecule has 0 amide bonds. The summed E-state index contributed by atoms with van der Waals surface area (Å²) >= 11 is 3.42. The van der Waals surface area contributed by atoms with Gasteiger partial charge in [-0.1, -0.05) is 18.2 Å². The lowest BCUT2D eigenvalue weighted by molar-refractivity contribution is 0.475. The Kier molecular flexibility index (Phi) is 2.48. The number of hydrogen-bond acceptors (Lipinski definition) is 3. The second-order valence-corrected chi connectivity index (χ2v) is 4.70. The number of nitrogens with zero attached hydrogens (tertiary/aromatic N) is 2. The molecule has 3 N–H and O–H groups in total. The highest BCUT2D eigenvalue weighted by Gasteiger charge is 2.12. The Morgan fingerprint density at radius 3 is 2.72 bits per heavy atom. The van der Waals surface area contributed by atoms with Crippen molar-refractivity contribution in [3.05, 3.63) is 47.1 Å². The highest BCUT2D eigenvalue weighted by atomic mass is 79.9. The fourth-order valence-electron chi connectivity index (χ4n) is 1.96. The van der Waals surface area contributed by atoms with Gasteiger partial charge in [-0.3, -0.25) is 4.40 Å². The number of fused-ring (bicyclic) bond motifs is 1. The van der Waals surface area contributed by atoms with E-state index in [4.69, 9.17) is 5.73 Å². The zero-order chi connectivity index (χ0) is 12.7. The van der Waals surface area contributed by atoms with Gasteiger partial charge in [0.2, 0.25) is 0 Å². The lowest BCUT2D eigenvalue weighted by atomic mass is 10.2. The molecular formula is C13H10BrN3O. The smallest absolute Gasteiger partial charge is 0.147 e. The van der Waals surface area contributed by atoms with Gasteiger partial charge < -0.3 is 10.8 Å². The van der Waals surface area contributed by atoms with E-state index >= 15 is 0 Å². The summed E-state index contributed by atoms with van der Waals surface area (Å²) in [6.45, 7) is 0. The van der Waals surface area contributed by atoms with E-state index in [2.05, 4.69) is 20.9 Å². The van der Waals surface area contributed by atoms with E-state index < -0.39 is 0 Å². The Labute approximate surface area is 112 Å². The summed E-state index contributed by atoms with van der Waals surface area (Å²) < 4.78 is 2.58. The van der Waals surface area contributed by atoms with Crippen molar-refractivity contribution in [3.63, 3.8) is 0 Å². The fourth-order valence-corrected chi connectivity index (χ4v) is 2.44. The van der Waals surface area contributed by atoms with Gasteiger partial charge in [-0.15, -0.1) is 0 Å². The third-order valence-corrected chi connectivity index (χ3v) is 3.34. The molecule has 0 bridgehead atoms. The molecule has 2 heterocycles. The van der Waals surface area contributed by atoms with E-state index in [-0.39, 0.29) is 5.75 Å². The van der Waals surface area contributed by atoms with Crippen LogP contribution in [0.4, 0.5) is 5.82 Å². The molecule has 3 rings (SSSR count). The number of benzene rings is 1. The summed E-state index contributed by atoms with van der Waals surface area (Å²) in [5, 5.41) is 9.54. The van der Waals surface area contributed by atoms with Crippen molar-refractivity contribution >= 4 is 27.3 Å². The van der Waals surface area contributed by atoms with E-state index in [1.165, 1.54) is 0 Å². The van der Waals surface area contributed by atoms with Gasteiger partial charge in [0.25, 0.3) is 0 Å². The highest BCUT2D eigenvalue weighted by molar-refractivity contribution is 9.10. The van der Waals surface area contributed by atoms with Crippen molar-refractivity contribution < 1.29 is 5.11 Å². The fraction of sp³-hybridized carbons (Fsp3) is 0. The van der Waals surface area contributed by atoms with Crippen molar-refractivity contribution in [3.8, 4) is 17.1 Å². The van der Waals surface area contributed by atoms with Crippen LogP contribution in [0, 0.1) is 0 Å². The molecule has 2 aromatic heterocycles. The van der Waals surface area contributed by atoms with Crippen molar-refractivity contribution in [2.45, 2.75) is 0 Å². The monoisotopic (exact) mass is 303 g/mol. The SMILES string of the molecule is Nc1cccc2c(Br)nc(-c3cccc(O)c3)n12. The number of phenols is 1. The predicted molar refractivity (Wildman–Crippen MR) is 74.4 cm³/mol. The number of anilines is 1. The van der Waals surface area contributed by atoms with Crippen molar-refractivity contribution in [2.24, 2.45) is 0 Å². The first-order chi connectivity index (χ1) is 8.66. The molecule has 18 heavy (non-hydrogen) atoms. The molecule has 0 aliphatic heterocycles. The van der Waals surface area contributed by atoms with Gasteiger partial charge in [-0.2, -0.15) is 0 Å². The molecule has 0 radical (unpaired) electrons. The van der Waals surface area contributed by atoms with E-state index in [9.17, 15) is 5.11 Å². The number of phenolic OH excluding ortho intramolecular Hbond substituents is 1. The molecule has 0 fully saturated rings. The quantitative estimate of drug-likeness (QED) is 0.726. The summed E-state index contributed by atoms with van der Waals surface area (Å²) in [5.41, 5.74) is 7.70. The Hall–Kier alpha value is -2.01. The average molecular weight is 304 g/mol. The van der Waals surface area contributed by atoms with Gasteiger partial charge in [-0.25, -0.2) is 4.98 Å². The molecular weight excluding hydrogens is 294 g/mol. The number of nitrogen functional groups attached to an aromatic ring is 1. The number of rotatable bonds is 1. The normalized spacial score (nSPS) is 10.9. The molecule has 0 spiro atoms. The van der Waals surface area contributed by atoms with Gasteiger partial charge in [0.05, 0.1) is 5.52 Å². The van der Waals surface area contributed by atoms with Crippen LogP contribution in [0.15, 0.2) is 47.1 Å². The average Bonchev–Trinajstić information content (AvgIpc) is 2.69. The number of imidazole rings is 1. The van der Waals surface area contributed by atoms with Crippen LogP contribution in [0.1, 0.15) is 0 Å². The summed E-state index contributed by atoms with van der Waals surface area (Å²) in [5.74, 6) is 1.50. The maximum atomic E-state index is 9.54. The molecule has 0 atom stereocenters. The van der Waals surface area contributed by atoms with Crippen LogP contribution in [0.2, 0.25) is 0 Å². The minimum absolute atomic E-state index is 0.204. The maximum Gasteiger partial charge on any atom is 0.147 e. The third-order valence-electron chi connectivity index (χ3n) is 2.75. The largest absolute Gasteiger partial charge is 0.508 e. The van der Waals surface area contributed by atoms with Crippen LogP contribution in [0.3, 0.4) is 0 Å². The summed E-state index contributed by atoms with van der Waals surface area (Å²) in [6.07, 6.45) is 0. The van der Waals surface area contributed by atoms with E-state index in [0.29, 0.717) is 11.6 Å². The zero-order valence-corrected chi connectivity index (χ0v) is 10.9. The van der Waals surface area contributed by atoms with Crippen LogP contribution < -0.4 is 5.73 Å². The Morgan fingerprint density at radius 2 is 1.94 bits per heavy atom. The molecule has 4 nitrogen and oxygen atoms in total. The Bertz CT molecular complexity index is 736. The van der Waals surface area contributed by atoms with Crippen LogP contribution in [-0.4, -0.2) is 14.5 Å². The van der Waals surface area contributed by atoms with Crippen LogP contribution >= 0.6 is 15.9 Å². The lowest BCUT2D eigenvalue weighted by Crippen LogP contribution is -1.97. The van der Waals surface area contributed by atoms with Crippen molar-refractivity contribution in [1.29, 1.82) is 0 Å². The van der Waals surface area contributed by atoms with Crippen molar-refractivity contribution in [2.75, 3.05) is 5.73 Å². The highest BCUT2D eigenvalue weighted by Crippen LogP contribution is 2.29. The first-order valence-corrected chi connectivity index (χ1v) is 6.18. The number of aromatic hydroxyl groups is 1. The van der Waals surface area contributed by atoms with Gasteiger partial charge in [0.15, 0.2) is 0 Å². The molecule has 0 aliphatic carbocycles. The molecule has 0 saturated carbocycles. The number of hydrogen-bond donors (Lipinski definition) is 2. The van der Waals surface area contributed by atoms with Crippen LogP contribution in [0.5, 0.6) is 5.75 Å². The predicted octanol–water partition coefficient (Wildman–Crippen LogP) is 3.05. The third kappa shape index (κ3) is 1.64. The molecule has 0 saturated heterocycles. The summed E-state index contributed by atoms with van der Waals surface area (Å²) in [4.78, 5) is 4.45. The lowest BCUT2D eigenvalue weighted by Gasteiger charge is -2.04. The first-order valence-electron chi connectivity index (χ1n) is 5.38. The number of pyridine rings is 1. The van der Waals surface area contributed by atoms with Gasteiger partial charge in [-0.05, 0) is 40.2 Å². The van der Waals surface area contributed by atoms with Gasteiger partial charge in [0, 0.05) is 5.56 Å². The van der Waals surface area contributed by atoms with Gasteiger partial charge in [0.1, 0.15) is 22.0 Å². The number of aromatic nitrogens is 2. The minimum Gasteiger partial charge on any atom is -0.508 e. The molecule has 0 aliphatic rings. The second-order valence-electron chi connectivity index (χ2n) is 3.95. The molecule has 1 aromatic carbocycles. The second kappa shape index (κ2) is 4.03. The molecule has 3 aromatic rings.